The Balaban J connectivity index is 2.06. The minimum Gasteiger partial charge on any atom is -0.372 e. The van der Waals surface area contributed by atoms with E-state index in [-0.39, 0.29) is 24.0 Å². The fraction of sp³-hybridized carbons (Fsp3) is 0.583. The zero-order valence-electron chi connectivity index (χ0n) is 11.2. The molecule has 1 aliphatic heterocycles. The molecule has 1 aliphatic rings. The molecule has 104 valence electrons. The first-order valence-electron chi connectivity index (χ1n) is 6.13. The Hall–Kier alpha value is -1.47. The largest absolute Gasteiger partial charge is 0.372 e. The third-order valence-corrected chi connectivity index (χ3v) is 3.47. The van der Waals surface area contributed by atoms with Crippen molar-refractivity contribution in [3.8, 4) is 0 Å². The number of hydrogen-bond donors (Lipinski definition) is 1. The molecule has 0 aliphatic carbocycles. The first-order valence-corrected chi connectivity index (χ1v) is 7.01. The van der Waals surface area contributed by atoms with E-state index in [1.54, 1.807) is 10.3 Å². The molecule has 0 unspecified atom stereocenters. The molecule has 1 saturated heterocycles. The molecule has 2 atom stereocenters. The predicted octanol–water partition coefficient (Wildman–Crippen LogP) is 1.35. The minimum absolute atomic E-state index is 0.0288. The third-order valence-electron chi connectivity index (χ3n) is 2.71. The van der Waals surface area contributed by atoms with Crippen LogP contribution in [-0.2, 0) is 9.53 Å². The molecule has 1 aromatic heterocycles. The molecule has 1 aromatic rings. The molecule has 2 rings (SSSR count). The summed E-state index contributed by atoms with van der Waals surface area (Å²) < 4.78 is 5.59. The van der Waals surface area contributed by atoms with Crippen LogP contribution in [0, 0.1) is 0 Å². The topological polar surface area (TPSA) is 71.5 Å². The SMILES string of the molecule is CC(=O)Nc1nc(C(=O)N2C[C@H](C)O[C@@H](C)C2)cs1. The molecule has 0 radical (unpaired) electrons. The lowest BCUT2D eigenvalue weighted by molar-refractivity contribution is -0.114. The summed E-state index contributed by atoms with van der Waals surface area (Å²) in [5.41, 5.74) is 0.370. The van der Waals surface area contributed by atoms with Crippen molar-refractivity contribution >= 4 is 28.3 Å². The van der Waals surface area contributed by atoms with Crippen molar-refractivity contribution in [3.05, 3.63) is 11.1 Å². The van der Waals surface area contributed by atoms with E-state index in [0.29, 0.717) is 23.9 Å². The van der Waals surface area contributed by atoms with Gasteiger partial charge in [0.05, 0.1) is 12.2 Å². The van der Waals surface area contributed by atoms with Crippen LogP contribution < -0.4 is 5.32 Å². The Morgan fingerprint density at radius 2 is 2.05 bits per heavy atom. The van der Waals surface area contributed by atoms with Crippen LogP contribution in [0.3, 0.4) is 0 Å². The van der Waals surface area contributed by atoms with Crippen LogP contribution in [0.5, 0.6) is 0 Å². The molecule has 1 fully saturated rings. The summed E-state index contributed by atoms with van der Waals surface area (Å²) in [6, 6.07) is 0. The summed E-state index contributed by atoms with van der Waals surface area (Å²) >= 11 is 1.25. The van der Waals surface area contributed by atoms with E-state index in [2.05, 4.69) is 10.3 Å². The molecule has 7 heteroatoms. The highest BCUT2D eigenvalue weighted by Crippen LogP contribution is 2.19. The minimum atomic E-state index is -0.193. The van der Waals surface area contributed by atoms with E-state index in [1.165, 1.54) is 18.3 Å². The second-order valence-corrected chi connectivity index (χ2v) is 5.54. The van der Waals surface area contributed by atoms with Crippen LogP contribution in [0.1, 0.15) is 31.3 Å². The average Bonchev–Trinajstić information content (AvgIpc) is 2.74. The van der Waals surface area contributed by atoms with Crippen molar-refractivity contribution in [2.45, 2.75) is 33.0 Å². The highest BCUT2D eigenvalue weighted by molar-refractivity contribution is 7.14. The summed E-state index contributed by atoms with van der Waals surface area (Å²) in [4.78, 5) is 29.1. The van der Waals surface area contributed by atoms with Gasteiger partial charge in [0.25, 0.3) is 5.91 Å². The van der Waals surface area contributed by atoms with Crippen molar-refractivity contribution in [2.24, 2.45) is 0 Å². The Morgan fingerprint density at radius 3 is 2.63 bits per heavy atom. The summed E-state index contributed by atoms with van der Waals surface area (Å²) in [5.74, 6) is -0.309. The number of anilines is 1. The van der Waals surface area contributed by atoms with Gasteiger partial charge in [-0.15, -0.1) is 11.3 Å². The van der Waals surface area contributed by atoms with Gasteiger partial charge in [0.1, 0.15) is 5.69 Å². The Morgan fingerprint density at radius 1 is 1.42 bits per heavy atom. The monoisotopic (exact) mass is 283 g/mol. The van der Waals surface area contributed by atoms with Crippen LogP contribution in [0.4, 0.5) is 5.13 Å². The second kappa shape index (κ2) is 5.66. The number of thiazole rings is 1. The zero-order chi connectivity index (χ0) is 14.0. The number of amides is 2. The maximum atomic E-state index is 12.3. The lowest BCUT2D eigenvalue weighted by atomic mass is 10.2. The van der Waals surface area contributed by atoms with Gasteiger partial charge in [0.2, 0.25) is 5.91 Å². The first kappa shape index (κ1) is 14.0. The lowest BCUT2D eigenvalue weighted by Crippen LogP contribution is -2.48. The normalized spacial score (nSPS) is 23.2. The van der Waals surface area contributed by atoms with Crippen molar-refractivity contribution in [2.75, 3.05) is 18.4 Å². The molecule has 19 heavy (non-hydrogen) atoms. The Bertz CT molecular complexity index is 478. The highest BCUT2D eigenvalue weighted by atomic mass is 32.1. The van der Waals surface area contributed by atoms with Gasteiger partial charge in [-0.25, -0.2) is 4.98 Å². The smallest absolute Gasteiger partial charge is 0.273 e. The van der Waals surface area contributed by atoms with Crippen molar-refractivity contribution < 1.29 is 14.3 Å². The van der Waals surface area contributed by atoms with Crippen LogP contribution in [0.15, 0.2) is 5.38 Å². The molecule has 0 saturated carbocycles. The van der Waals surface area contributed by atoms with E-state index >= 15 is 0 Å². The number of carbonyl (C=O) groups excluding carboxylic acids is 2. The number of ether oxygens (including phenoxy) is 1. The summed E-state index contributed by atoms with van der Waals surface area (Å²) in [5, 5.41) is 4.69. The lowest BCUT2D eigenvalue weighted by Gasteiger charge is -2.34. The summed E-state index contributed by atoms with van der Waals surface area (Å²) in [6.07, 6.45) is 0.0577. The van der Waals surface area contributed by atoms with E-state index in [4.69, 9.17) is 4.74 Å². The zero-order valence-corrected chi connectivity index (χ0v) is 12.0. The van der Waals surface area contributed by atoms with Gasteiger partial charge in [0.15, 0.2) is 5.13 Å². The summed E-state index contributed by atoms with van der Waals surface area (Å²) in [6.45, 7) is 6.43. The summed E-state index contributed by atoms with van der Waals surface area (Å²) in [7, 11) is 0. The number of morpholine rings is 1. The van der Waals surface area contributed by atoms with Crippen LogP contribution in [0.25, 0.3) is 0 Å². The number of nitrogens with one attached hydrogen (secondary N) is 1. The van der Waals surface area contributed by atoms with Gasteiger partial charge in [-0.2, -0.15) is 0 Å². The van der Waals surface area contributed by atoms with E-state index in [9.17, 15) is 9.59 Å². The number of nitrogens with zero attached hydrogens (tertiary/aromatic N) is 2. The van der Waals surface area contributed by atoms with E-state index in [0.717, 1.165) is 0 Å². The fourth-order valence-electron chi connectivity index (χ4n) is 2.09. The maximum Gasteiger partial charge on any atom is 0.273 e. The molecule has 2 heterocycles. The van der Waals surface area contributed by atoms with E-state index < -0.39 is 0 Å². The molecule has 0 spiro atoms. The van der Waals surface area contributed by atoms with Gasteiger partial charge >= 0.3 is 0 Å². The molecular weight excluding hydrogens is 266 g/mol. The molecule has 6 nitrogen and oxygen atoms in total. The van der Waals surface area contributed by atoms with Crippen LogP contribution in [-0.4, -0.2) is 47.0 Å². The van der Waals surface area contributed by atoms with Crippen molar-refractivity contribution in [1.82, 2.24) is 9.88 Å². The molecule has 1 N–H and O–H groups in total. The molecular formula is C12H17N3O3S. The highest BCUT2D eigenvalue weighted by Gasteiger charge is 2.27. The molecule has 0 bridgehead atoms. The van der Waals surface area contributed by atoms with Crippen molar-refractivity contribution in [3.63, 3.8) is 0 Å². The average molecular weight is 283 g/mol. The van der Waals surface area contributed by atoms with Crippen molar-refractivity contribution in [1.29, 1.82) is 0 Å². The van der Waals surface area contributed by atoms with Gasteiger partial charge in [0, 0.05) is 25.4 Å². The standard InChI is InChI=1S/C12H17N3O3S/c1-7-4-15(5-8(2)18-7)11(17)10-6-19-12(14-10)13-9(3)16/h6-8H,4-5H2,1-3H3,(H,13,14,16)/t7-,8-/m0/s1. The van der Waals surface area contributed by atoms with E-state index in [1.807, 2.05) is 13.8 Å². The quantitative estimate of drug-likeness (QED) is 0.889. The molecule has 0 aromatic carbocycles. The van der Waals surface area contributed by atoms with Gasteiger partial charge < -0.3 is 15.0 Å². The van der Waals surface area contributed by atoms with Gasteiger partial charge in [-0.1, -0.05) is 0 Å². The Labute approximate surface area is 115 Å². The third kappa shape index (κ3) is 3.51. The van der Waals surface area contributed by atoms with Gasteiger partial charge in [-0.3, -0.25) is 9.59 Å². The maximum absolute atomic E-state index is 12.3. The first-order chi connectivity index (χ1) is 8.95. The number of rotatable bonds is 2. The number of aromatic nitrogens is 1. The van der Waals surface area contributed by atoms with Crippen LogP contribution >= 0.6 is 11.3 Å². The predicted molar refractivity (Wildman–Crippen MR) is 72.3 cm³/mol. The number of carbonyl (C=O) groups is 2. The fourth-order valence-corrected chi connectivity index (χ4v) is 2.82. The second-order valence-electron chi connectivity index (χ2n) is 4.69. The van der Waals surface area contributed by atoms with Gasteiger partial charge in [-0.05, 0) is 13.8 Å². The Kier molecular flexibility index (Phi) is 4.16. The van der Waals surface area contributed by atoms with Crippen LogP contribution in [0.2, 0.25) is 0 Å². The number of hydrogen-bond acceptors (Lipinski definition) is 5. The molecule has 2 amide bonds.